The summed E-state index contributed by atoms with van der Waals surface area (Å²) in [5, 5.41) is 3.96. The van der Waals surface area contributed by atoms with E-state index < -0.39 is 5.76 Å². The van der Waals surface area contributed by atoms with Gasteiger partial charge in [-0.05, 0) is 66.3 Å². The van der Waals surface area contributed by atoms with Gasteiger partial charge in [-0.1, -0.05) is 60.5 Å². The van der Waals surface area contributed by atoms with Gasteiger partial charge in [0.05, 0.1) is 11.0 Å². The van der Waals surface area contributed by atoms with E-state index in [0.717, 1.165) is 45.6 Å². The van der Waals surface area contributed by atoms with Gasteiger partial charge in [-0.15, -0.1) is 0 Å². The van der Waals surface area contributed by atoms with E-state index in [1.807, 2.05) is 31.2 Å². The number of ether oxygens (including phenoxy) is 1. The van der Waals surface area contributed by atoms with E-state index in [1.165, 1.54) is 42.6 Å². The minimum absolute atomic E-state index is 0.419. The quantitative estimate of drug-likeness (QED) is 0.311. The highest BCUT2D eigenvalue weighted by Gasteiger charge is 2.25. The predicted molar refractivity (Wildman–Crippen MR) is 146 cm³/mol. The Labute approximate surface area is 219 Å². The number of rotatable bonds is 4. The van der Waals surface area contributed by atoms with E-state index in [0.29, 0.717) is 18.3 Å². The Bertz CT molecular complexity index is 1750. The molecule has 0 bridgehead atoms. The SMILES string of the molecule is C/C(=C1/c2ccc(Cn3c(C4CCCC4)nc4ccccc43)cc2COc2ccccc21)c1noc(=O)[nH]1. The Kier molecular flexibility index (Phi) is 5.50. The zero-order valence-corrected chi connectivity index (χ0v) is 21.2. The van der Waals surface area contributed by atoms with Crippen LogP contribution >= 0.6 is 0 Å². The van der Waals surface area contributed by atoms with Crippen molar-refractivity contribution in [2.75, 3.05) is 0 Å². The Hall–Kier alpha value is -4.39. The van der Waals surface area contributed by atoms with Crippen molar-refractivity contribution in [3.8, 4) is 5.75 Å². The molecule has 3 heterocycles. The lowest BCUT2D eigenvalue weighted by atomic mass is 9.89. The maximum Gasteiger partial charge on any atom is 0.439 e. The van der Waals surface area contributed by atoms with Crippen LogP contribution < -0.4 is 10.5 Å². The number of aromatic amines is 1. The van der Waals surface area contributed by atoms with Crippen molar-refractivity contribution >= 4 is 22.2 Å². The number of hydrogen-bond acceptors (Lipinski definition) is 5. The molecule has 0 radical (unpaired) electrons. The van der Waals surface area contributed by atoms with Gasteiger partial charge in [-0.2, -0.15) is 0 Å². The van der Waals surface area contributed by atoms with Crippen molar-refractivity contribution < 1.29 is 9.26 Å². The van der Waals surface area contributed by atoms with Crippen LogP contribution in [0.1, 0.15) is 72.4 Å². The summed E-state index contributed by atoms with van der Waals surface area (Å²) in [6.07, 6.45) is 4.96. The highest BCUT2D eigenvalue weighted by molar-refractivity contribution is 5.99. The van der Waals surface area contributed by atoms with E-state index in [9.17, 15) is 4.79 Å². The van der Waals surface area contributed by atoms with Gasteiger partial charge in [-0.25, -0.2) is 9.78 Å². The smallest absolute Gasteiger partial charge is 0.439 e. The summed E-state index contributed by atoms with van der Waals surface area (Å²) in [4.78, 5) is 19.5. The lowest BCUT2D eigenvalue weighted by Crippen LogP contribution is -2.09. The van der Waals surface area contributed by atoms with E-state index in [2.05, 4.69) is 57.2 Å². The zero-order chi connectivity index (χ0) is 25.6. The average molecular weight is 505 g/mol. The average Bonchev–Trinajstić information content (AvgIpc) is 3.68. The number of fused-ring (bicyclic) bond motifs is 3. The minimum atomic E-state index is -0.570. The van der Waals surface area contributed by atoms with Crippen molar-refractivity contribution in [2.24, 2.45) is 0 Å². The van der Waals surface area contributed by atoms with Gasteiger partial charge >= 0.3 is 5.76 Å². The molecule has 2 aliphatic rings. The van der Waals surface area contributed by atoms with Gasteiger partial charge in [-0.3, -0.25) is 9.51 Å². The van der Waals surface area contributed by atoms with Gasteiger partial charge in [0.1, 0.15) is 18.2 Å². The Balaban J connectivity index is 1.34. The number of nitrogens with one attached hydrogen (secondary N) is 1. The third-order valence-corrected chi connectivity index (χ3v) is 7.89. The molecule has 0 atom stereocenters. The van der Waals surface area contributed by atoms with Crippen molar-refractivity contribution in [2.45, 2.75) is 51.7 Å². The first kappa shape index (κ1) is 22.8. The minimum Gasteiger partial charge on any atom is -0.488 e. The van der Waals surface area contributed by atoms with Crippen LogP contribution in [0.4, 0.5) is 0 Å². The van der Waals surface area contributed by atoms with Crippen LogP contribution in [0.25, 0.3) is 22.2 Å². The summed E-state index contributed by atoms with van der Waals surface area (Å²) < 4.78 is 13.5. The standard InChI is InChI=1S/C31H28N4O3/c1-19(29-33-31(36)38-34-29)28-23-15-14-20(16-22(23)18-37-27-13-7-4-10-24(27)28)17-35-26-12-6-5-11-25(26)32-30(35)21-8-2-3-9-21/h4-7,10-16,21H,2-3,8-9,17-18H2,1H3,(H,33,34,36)/b28-19+. The van der Waals surface area contributed by atoms with Crippen LogP contribution in [0.5, 0.6) is 5.75 Å². The topological polar surface area (TPSA) is 85.9 Å². The second-order valence-corrected chi connectivity index (χ2v) is 10.2. The highest BCUT2D eigenvalue weighted by Crippen LogP contribution is 2.41. The Morgan fingerprint density at radius 2 is 1.84 bits per heavy atom. The molecule has 1 N–H and O–H groups in total. The fourth-order valence-electron chi connectivity index (χ4n) is 6.06. The number of allylic oxidation sites excluding steroid dienone is 1. The second kappa shape index (κ2) is 9.17. The zero-order valence-electron chi connectivity index (χ0n) is 21.2. The molecule has 190 valence electrons. The van der Waals surface area contributed by atoms with E-state index >= 15 is 0 Å². The monoisotopic (exact) mass is 504 g/mol. The molecule has 2 aromatic heterocycles. The number of H-pyrrole nitrogens is 1. The van der Waals surface area contributed by atoms with Crippen LogP contribution in [-0.4, -0.2) is 19.7 Å². The molecule has 7 heteroatoms. The van der Waals surface area contributed by atoms with Crippen molar-refractivity contribution in [3.05, 3.63) is 111 Å². The van der Waals surface area contributed by atoms with Crippen LogP contribution in [0.2, 0.25) is 0 Å². The van der Waals surface area contributed by atoms with Crippen molar-refractivity contribution in [1.29, 1.82) is 0 Å². The molecule has 0 amide bonds. The lowest BCUT2D eigenvalue weighted by Gasteiger charge is -2.16. The highest BCUT2D eigenvalue weighted by atomic mass is 16.5. The summed E-state index contributed by atoms with van der Waals surface area (Å²) in [6, 6.07) is 23.0. The van der Waals surface area contributed by atoms with E-state index in [-0.39, 0.29) is 0 Å². The summed E-state index contributed by atoms with van der Waals surface area (Å²) in [7, 11) is 0. The van der Waals surface area contributed by atoms with Gasteiger partial charge < -0.3 is 9.30 Å². The molecule has 1 aliphatic heterocycles. The lowest BCUT2D eigenvalue weighted by molar-refractivity contribution is 0.307. The molecule has 3 aromatic carbocycles. The molecule has 7 nitrogen and oxygen atoms in total. The number of imidazole rings is 1. The summed E-state index contributed by atoms with van der Waals surface area (Å²) in [5.41, 5.74) is 8.36. The fraction of sp³-hybridized carbons (Fsp3) is 0.258. The number of aromatic nitrogens is 4. The van der Waals surface area contributed by atoms with Crippen LogP contribution in [-0.2, 0) is 13.2 Å². The number of benzene rings is 3. The Morgan fingerprint density at radius 1 is 1.03 bits per heavy atom. The molecule has 0 spiro atoms. The van der Waals surface area contributed by atoms with Gasteiger partial charge in [0.25, 0.3) is 0 Å². The first-order chi connectivity index (χ1) is 18.7. The largest absolute Gasteiger partial charge is 0.488 e. The molecule has 0 saturated heterocycles. The number of nitrogens with zero attached hydrogens (tertiary/aromatic N) is 3. The molecule has 0 unspecified atom stereocenters. The van der Waals surface area contributed by atoms with Crippen LogP contribution in [0.15, 0.2) is 76.0 Å². The number of para-hydroxylation sites is 3. The van der Waals surface area contributed by atoms with Crippen LogP contribution in [0, 0.1) is 0 Å². The first-order valence-electron chi connectivity index (χ1n) is 13.2. The van der Waals surface area contributed by atoms with Gasteiger partial charge in [0, 0.05) is 23.6 Å². The molecule has 7 rings (SSSR count). The molecule has 1 fully saturated rings. The molecule has 5 aromatic rings. The van der Waals surface area contributed by atoms with Crippen molar-refractivity contribution in [1.82, 2.24) is 19.7 Å². The molecular formula is C31H28N4O3. The van der Waals surface area contributed by atoms with Gasteiger partial charge in [0.2, 0.25) is 0 Å². The Morgan fingerprint density at radius 3 is 2.68 bits per heavy atom. The number of hydrogen-bond donors (Lipinski definition) is 1. The molecular weight excluding hydrogens is 476 g/mol. The van der Waals surface area contributed by atoms with Crippen molar-refractivity contribution in [3.63, 3.8) is 0 Å². The normalized spacial score (nSPS) is 16.7. The molecule has 1 saturated carbocycles. The molecule has 38 heavy (non-hydrogen) atoms. The molecule has 1 aliphatic carbocycles. The third-order valence-electron chi connectivity index (χ3n) is 7.89. The predicted octanol–water partition coefficient (Wildman–Crippen LogP) is 6.29. The van der Waals surface area contributed by atoms with Gasteiger partial charge in [0.15, 0.2) is 5.82 Å². The maximum absolute atomic E-state index is 11.7. The van der Waals surface area contributed by atoms with Crippen LogP contribution in [0.3, 0.4) is 0 Å². The fourth-order valence-corrected chi connectivity index (χ4v) is 6.06. The second-order valence-electron chi connectivity index (χ2n) is 10.2. The summed E-state index contributed by atoms with van der Waals surface area (Å²) in [5.74, 6) is 2.37. The van der Waals surface area contributed by atoms with E-state index in [4.69, 9.17) is 14.2 Å². The maximum atomic E-state index is 11.7. The summed E-state index contributed by atoms with van der Waals surface area (Å²) in [6.45, 7) is 3.15. The first-order valence-corrected chi connectivity index (χ1v) is 13.2. The third kappa shape index (κ3) is 3.86. The summed E-state index contributed by atoms with van der Waals surface area (Å²) >= 11 is 0. The van der Waals surface area contributed by atoms with E-state index in [1.54, 1.807) is 0 Å².